The number of hydrogen-bond donors (Lipinski definition) is 0. The zero-order valence-electron chi connectivity index (χ0n) is 17.5. The van der Waals surface area contributed by atoms with Gasteiger partial charge in [-0.15, -0.1) is 0 Å². The van der Waals surface area contributed by atoms with E-state index in [2.05, 4.69) is 35.0 Å². The van der Waals surface area contributed by atoms with E-state index in [1.807, 2.05) is 0 Å². The van der Waals surface area contributed by atoms with Gasteiger partial charge >= 0.3 is 0 Å². The third-order valence-corrected chi connectivity index (χ3v) is 5.22. The maximum absolute atomic E-state index is 5.53. The molecule has 0 aliphatic heterocycles. The van der Waals surface area contributed by atoms with Crippen LogP contribution in [0.15, 0.2) is 12.2 Å². The second-order valence-electron chi connectivity index (χ2n) is 7.27. The molecule has 0 fully saturated rings. The Morgan fingerprint density at radius 1 is 0.577 bits per heavy atom. The molecular formula is C23H45BrO2. The summed E-state index contributed by atoms with van der Waals surface area (Å²) in [6.07, 6.45) is 25.7. The van der Waals surface area contributed by atoms with Crippen molar-refractivity contribution in [1.82, 2.24) is 0 Å². The second kappa shape index (κ2) is 25.1. The van der Waals surface area contributed by atoms with E-state index in [1.54, 1.807) is 0 Å². The number of unbranched alkanes of at least 4 members (excludes halogenated alkanes) is 13. The zero-order chi connectivity index (χ0) is 19.0. The van der Waals surface area contributed by atoms with Gasteiger partial charge in [-0.1, -0.05) is 106 Å². The first-order chi connectivity index (χ1) is 12.9. The van der Waals surface area contributed by atoms with Crippen LogP contribution >= 0.6 is 15.9 Å². The molecule has 0 aliphatic rings. The second-order valence-corrected chi connectivity index (χ2v) is 8.06. The van der Waals surface area contributed by atoms with Crippen LogP contribution in [0.1, 0.15) is 110 Å². The Labute approximate surface area is 172 Å². The van der Waals surface area contributed by atoms with E-state index in [-0.39, 0.29) is 0 Å². The minimum Gasteiger partial charge on any atom is -0.355 e. The van der Waals surface area contributed by atoms with Crippen molar-refractivity contribution in [2.45, 2.75) is 110 Å². The van der Waals surface area contributed by atoms with Gasteiger partial charge in [-0.05, 0) is 32.1 Å². The van der Waals surface area contributed by atoms with E-state index < -0.39 is 0 Å². The monoisotopic (exact) mass is 432 g/mol. The molecule has 0 N–H and O–H groups in total. The summed E-state index contributed by atoms with van der Waals surface area (Å²) in [5.41, 5.74) is 0. The van der Waals surface area contributed by atoms with Crippen LogP contribution in [0.3, 0.4) is 0 Å². The fraction of sp³-hybridized carbons (Fsp3) is 0.913. The number of alkyl halides is 1. The molecule has 2 nitrogen and oxygen atoms in total. The molecule has 0 aromatic carbocycles. The summed E-state index contributed by atoms with van der Waals surface area (Å²) < 4.78 is 11.0. The first-order valence-corrected chi connectivity index (χ1v) is 12.4. The molecule has 156 valence electrons. The fourth-order valence-corrected chi connectivity index (χ4v) is 3.36. The van der Waals surface area contributed by atoms with Crippen molar-refractivity contribution < 1.29 is 9.47 Å². The maximum Gasteiger partial charge on any atom is 0.146 e. The van der Waals surface area contributed by atoms with Gasteiger partial charge in [0.05, 0.1) is 6.61 Å². The van der Waals surface area contributed by atoms with Gasteiger partial charge in [0.1, 0.15) is 6.79 Å². The van der Waals surface area contributed by atoms with E-state index in [1.165, 1.54) is 96.3 Å². The molecule has 0 heterocycles. The van der Waals surface area contributed by atoms with Crippen molar-refractivity contribution in [2.75, 3.05) is 25.3 Å². The number of halogens is 1. The molecule has 0 unspecified atom stereocenters. The molecule has 0 atom stereocenters. The van der Waals surface area contributed by atoms with Gasteiger partial charge < -0.3 is 9.47 Å². The van der Waals surface area contributed by atoms with Gasteiger partial charge in [-0.25, -0.2) is 0 Å². The van der Waals surface area contributed by atoms with E-state index in [0.717, 1.165) is 25.0 Å². The van der Waals surface area contributed by atoms with Crippen LogP contribution in [0.4, 0.5) is 0 Å². The Kier molecular flexibility index (Phi) is 25.3. The van der Waals surface area contributed by atoms with Crippen molar-refractivity contribution in [3.63, 3.8) is 0 Å². The fourth-order valence-electron chi connectivity index (χ4n) is 2.97. The third kappa shape index (κ3) is 24.1. The van der Waals surface area contributed by atoms with Crippen LogP contribution in [0, 0.1) is 0 Å². The number of hydrogen-bond acceptors (Lipinski definition) is 2. The number of rotatable bonds is 22. The van der Waals surface area contributed by atoms with Gasteiger partial charge in [-0.3, -0.25) is 0 Å². The topological polar surface area (TPSA) is 18.5 Å². The Bertz CT molecular complexity index is 269. The summed E-state index contributed by atoms with van der Waals surface area (Å²) >= 11 is 3.48. The summed E-state index contributed by atoms with van der Waals surface area (Å²) in [7, 11) is 0. The number of allylic oxidation sites excluding steroid dienone is 1. The van der Waals surface area contributed by atoms with E-state index in [0.29, 0.717) is 6.79 Å². The lowest BCUT2D eigenvalue weighted by molar-refractivity contribution is -0.0531. The lowest BCUT2D eigenvalue weighted by Crippen LogP contribution is -2.02. The Hall–Kier alpha value is 0.140. The number of ether oxygens (including phenoxy) is 2. The van der Waals surface area contributed by atoms with Crippen LogP contribution in [-0.2, 0) is 9.47 Å². The van der Waals surface area contributed by atoms with Crippen molar-refractivity contribution in [2.24, 2.45) is 0 Å². The highest BCUT2D eigenvalue weighted by Gasteiger charge is 1.93. The maximum atomic E-state index is 5.53. The van der Waals surface area contributed by atoms with Crippen molar-refractivity contribution >= 4 is 15.9 Å². The van der Waals surface area contributed by atoms with Crippen LogP contribution in [-0.4, -0.2) is 25.3 Å². The standard InChI is InChI=1S/C23H45BrO2/c1-2-3-4-5-6-12-15-18-21-25-23-26-22-19-16-13-10-8-7-9-11-14-17-20-24/h13,16H,2-12,14-15,17-23H2,1H3. The van der Waals surface area contributed by atoms with E-state index >= 15 is 0 Å². The van der Waals surface area contributed by atoms with Gasteiger partial charge in [0.25, 0.3) is 0 Å². The zero-order valence-corrected chi connectivity index (χ0v) is 19.1. The van der Waals surface area contributed by atoms with Crippen molar-refractivity contribution in [3.8, 4) is 0 Å². The first-order valence-electron chi connectivity index (χ1n) is 11.3. The predicted molar refractivity (Wildman–Crippen MR) is 119 cm³/mol. The quantitative estimate of drug-likeness (QED) is 0.0741. The molecule has 0 radical (unpaired) electrons. The molecule has 0 saturated carbocycles. The minimum atomic E-state index is 0.457. The average molecular weight is 434 g/mol. The van der Waals surface area contributed by atoms with Crippen LogP contribution < -0.4 is 0 Å². The Morgan fingerprint density at radius 2 is 1.12 bits per heavy atom. The molecule has 0 rings (SSSR count). The molecule has 0 aliphatic carbocycles. The summed E-state index contributed by atoms with van der Waals surface area (Å²) in [6, 6.07) is 0. The normalized spacial score (nSPS) is 11.6. The van der Waals surface area contributed by atoms with Crippen LogP contribution in [0.5, 0.6) is 0 Å². The molecule has 0 saturated heterocycles. The highest BCUT2D eigenvalue weighted by atomic mass is 79.9. The molecule has 0 bridgehead atoms. The summed E-state index contributed by atoms with van der Waals surface area (Å²) in [4.78, 5) is 0. The molecule has 26 heavy (non-hydrogen) atoms. The summed E-state index contributed by atoms with van der Waals surface area (Å²) in [6.45, 7) is 4.35. The van der Waals surface area contributed by atoms with Crippen molar-refractivity contribution in [1.29, 1.82) is 0 Å². The predicted octanol–water partition coefficient (Wildman–Crippen LogP) is 8.19. The highest BCUT2D eigenvalue weighted by molar-refractivity contribution is 9.09. The largest absolute Gasteiger partial charge is 0.355 e. The van der Waals surface area contributed by atoms with E-state index in [4.69, 9.17) is 9.47 Å². The van der Waals surface area contributed by atoms with E-state index in [9.17, 15) is 0 Å². The Morgan fingerprint density at radius 3 is 1.81 bits per heavy atom. The SMILES string of the molecule is CCCCCCCCCCOCOCCC=CCCCCCCCCBr. The van der Waals surface area contributed by atoms with Gasteiger partial charge in [0.2, 0.25) is 0 Å². The van der Waals surface area contributed by atoms with Gasteiger partial charge in [0.15, 0.2) is 0 Å². The van der Waals surface area contributed by atoms with Crippen molar-refractivity contribution in [3.05, 3.63) is 12.2 Å². The molecular weight excluding hydrogens is 388 g/mol. The lowest BCUT2D eigenvalue weighted by Gasteiger charge is -2.05. The van der Waals surface area contributed by atoms with Crippen LogP contribution in [0.25, 0.3) is 0 Å². The smallest absolute Gasteiger partial charge is 0.146 e. The lowest BCUT2D eigenvalue weighted by atomic mass is 10.1. The van der Waals surface area contributed by atoms with Crippen LogP contribution in [0.2, 0.25) is 0 Å². The molecule has 0 spiro atoms. The van der Waals surface area contributed by atoms with Gasteiger partial charge in [-0.2, -0.15) is 0 Å². The third-order valence-electron chi connectivity index (χ3n) is 4.66. The molecule has 0 aromatic rings. The molecule has 0 amide bonds. The molecule has 0 aromatic heterocycles. The van der Waals surface area contributed by atoms with Gasteiger partial charge in [0, 0.05) is 11.9 Å². The first kappa shape index (κ1) is 26.1. The minimum absolute atomic E-state index is 0.457. The molecule has 3 heteroatoms. The Balaban J connectivity index is 3.04. The summed E-state index contributed by atoms with van der Waals surface area (Å²) in [5.74, 6) is 0. The average Bonchev–Trinajstić information content (AvgIpc) is 2.66. The highest BCUT2D eigenvalue weighted by Crippen LogP contribution is 2.09. The summed E-state index contributed by atoms with van der Waals surface area (Å²) in [5, 5.41) is 1.15.